The first kappa shape index (κ1) is 25.7. The van der Waals surface area contributed by atoms with Crippen molar-refractivity contribution in [1.29, 1.82) is 0 Å². The molecule has 1 amide bonds. The van der Waals surface area contributed by atoms with Crippen molar-refractivity contribution in [2.45, 2.75) is 26.8 Å². The van der Waals surface area contributed by atoms with Crippen LogP contribution in [-0.2, 0) is 9.59 Å². The van der Waals surface area contributed by atoms with Gasteiger partial charge >= 0.3 is 0 Å². The number of non-ortho nitro benzene ring substituents is 1. The van der Waals surface area contributed by atoms with E-state index in [1.54, 1.807) is 19.1 Å². The first-order valence-electron chi connectivity index (χ1n) is 11.4. The summed E-state index contributed by atoms with van der Waals surface area (Å²) in [6.07, 6.45) is 0. The smallest absolute Gasteiger partial charge is 0.295 e. The largest absolute Gasteiger partial charge is 0.507 e. The number of aromatic hydroxyl groups is 1. The number of hydrogen-bond donors (Lipinski definition) is 2. The zero-order chi connectivity index (χ0) is 25.7. The Balaban J connectivity index is 2.14. The van der Waals surface area contributed by atoms with E-state index in [0.717, 1.165) is 13.1 Å². The Hall–Kier alpha value is -3.92. The molecule has 0 bridgehead atoms. The second-order valence-corrected chi connectivity index (χ2v) is 7.98. The van der Waals surface area contributed by atoms with Gasteiger partial charge in [0.1, 0.15) is 5.76 Å². The van der Waals surface area contributed by atoms with Crippen molar-refractivity contribution < 1.29 is 29.5 Å². The number of Topliss-reactive ketones (excluding diaryl/α,β-unsaturated/α-hetero) is 1. The summed E-state index contributed by atoms with van der Waals surface area (Å²) in [5.41, 5.74) is 0.355. The van der Waals surface area contributed by atoms with E-state index in [2.05, 4.69) is 4.90 Å². The van der Waals surface area contributed by atoms with Crippen LogP contribution in [0.4, 0.5) is 5.69 Å². The molecule has 0 aromatic heterocycles. The van der Waals surface area contributed by atoms with Crippen molar-refractivity contribution >= 4 is 23.1 Å². The van der Waals surface area contributed by atoms with Crippen LogP contribution in [-0.4, -0.2) is 69.4 Å². The van der Waals surface area contributed by atoms with Gasteiger partial charge in [-0.3, -0.25) is 19.7 Å². The van der Waals surface area contributed by atoms with Gasteiger partial charge in [0.25, 0.3) is 17.4 Å². The minimum Gasteiger partial charge on any atom is -0.507 e. The summed E-state index contributed by atoms with van der Waals surface area (Å²) in [7, 11) is 0. The van der Waals surface area contributed by atoms with Crippen LogP contribution in [0, 0.1) is 10.1 Å². The van der Waals surface area contributed by atoms with Gasteiger partial charge in [-0.15, -0.1) is 0 Å². The SMILES string of the molecule is CCOc1cc(C2/C(=C(/O)c3ccc([N+](=O)[O-])cc3)C(=O)C(=O)N2CCN(CC)CC)ccc1O. The lowest BCUT2D eigenvalue weighted by atomic mass is 9.95. The first-order chi connectivity index (χ1) is 16.7. The number of benzene rings is 2. The number of likely N-dealkylation sites (N-methyl/N-ethyl adjacent to an activating group) is 1. The molecule has 10 nitrogen and oxygen atoms in total. The molecule has 1 saturated heterocycles. The molecule has 1 atom stereocenters. The number of ketones is 1. The molecule has 10 heteroatoms. The van der Waals surface area contributed by atoms with E-state index in [1.165, 1.54) is 35.2 Å². The summed E-state index contributed by atoms with van der Waals surface area (Å²) in [6.45, 7) is 8.33. The van der Waals surface area contributed by atoms with E-state index in [1.807, 2.05) is 13.8 Å². The molecule has 2 N–H and O–H groups in total. The number of nitro benzene ring substituents is 1. The van der Waals surface area contributed by atoms with Crippen LogP contribution in [0.3, 0.4) is 0 Å². The summed E-state index contributed by atoms with van der Waals surface area (Å²) >= 11 is 0. The Morgan fingerprint density at radius 3 is 2.34 bits per heavy atom. The minimum absolute atomic E-state index is 0.0916. The number of phenols is 1. The zero-order valence-electron chi connectivity index (χ0n) is 19.9. The number of carbonyl (C=O) groups excluding carboxylic acids is 2. The predicted molar refractivity (Wildman–Crippen MR) is 129 cm³/mol. The number of nitro groups is 1. The highest BCUT2D eigenvalue weighted by molar-refractivity contribution is 6.46. The Morgan fingerprint density at radius 1 is 1.11 bits per heavy atom. The third-order valence-electron chi connectivity index (χ3n) is 6.04. The number of amides is 1. The van der Waals surface area contributed by atoms with Gasteiger partial charge in [-0.05, 0) is 49.8 Å². The standard InChI is InChI=1S/C25H29N3O7/c1-4-26(5-2)13-14-27-22(17-9-12-19(29)20(15-17)35-6-3)21(24(31)25(27)32)23(30)16-7-10-18(11-8-16)28(33)34/h7-12,15,22,29-30H,4-6,13-14H2,1-3H3/b23-21-. The average Bonchev–Trinajstić information content (AvgIpc) is 3.10. The van der Waals surface area contributed by atoms with E-state index < -0.39 is 28.4 Å². The van der Waals surface area contributed by atoms with Gasteiger partial charge in [0, 0.05) is 30.8 Å². The predicted octanol–water partition coefficient (Wildman–Crippen LogP) is 3.46. The molecule has 0 aliphatic carbocycles. The number of rotatable bonds is 10. The summed E-state index contributed by atoms with van der Waals surface area (Å²) in [6, 6.07) is 8.69. The maximum atomic E-state index is 13.1. The second kappa shape index (κ2) is 11.0. The first-order valence-corrected chi connectivity index (χ1v) is 11.4. The molecule has 1 aliphatic heterocycles. The highest BCUT2D eigenvalue weighted by Crippen LogP contribution is 2.41. The highest BCUT2D eigenvalue weighted by Gasteiger charge is 2.46. The van der Waals surface area contributed by atoms with Crippen LogP contribution in [0.2, 0.25) is 0 Å². The van der Waals surface area contributed by atoms with E-state index in [-0.39, 0.29) is 34.9 Å². The van der Waals surface area contributed by atoms with Crippen molar-refractivity contribution in [1.82, 2.24) is 9.80 Å². The summed E-state index contributed by atoms with van der Waals surface area (Å²) < 4.78 is 5.49. The zero-order valence-corrected chi connectivity index (χ0v) is 19.9. The van der Waals surface area contributed by atoms with Gasteiger partial charge in [0.2, 0.25) is 0 Å². The third-order valence-corrected chi connectivity index (χ3v) is 6.04. The van der Waals surface area contributed by atoms with Crippen LogP contribution >= 0.6 is 0 Å². The average molecular weight is 484 g/mol. The number of aliphatic hydroxyl groups is 1. The van der Waals surface area contributed by atoms with Crippen LogP contribution in [0.25, 0.3) is 5.76 Å². The number of nitrogens with zero attached hydrogens (tertiary/aromatic N) is 3. The number of phenolic OH excluding ortho intramolecular Hbond substituents is 1. The van der Waals surface area contributed by atoms with Gasteiger partial charge < -0.3 is 24.7 Å². The fraction of sp³-hybridized carbons (Fsp3) is 0.360. The highest BCUT2D eigenvalue weighted by atomic mass is 16.6. The lowest BCUT2D eigenvalue weighted by Gasteiger charge is -2.28. The van der Waals surface area contributed by atoms with Crippen molar-refractivity contribution in [2.75, 3.05) is 32.8 Å². The van der Waals surface area contributed by atoms with Crippen molar-refractivity contribution in [3.8, 4) is 11.5 Å². The van der Waals surface area contributed by atoms with Crippen molar-refractivity contribution in [3.63, 3.8) is 0 Å². The lowest BCUT2D eigenvalue weighted by Crippen LogP contribution is -2.38. The number of carbonyl (C=O) groups is 2. The Bertz CT molecular complexity index is 1140. The number of aliphatic hydroxyl groups excluding tert-OH is 1. The number of ether oxygens (including phenoxy) is 1. The summed E-state index contributed by atoms with van der Waals surface area (Å²) in [4.78, 5) is 40.2. The van der Waals surface area contributed by atoms with E-state index in [4.69, 9.17) is 4.74 Å². The maximum Gasteiger partial charge on any atom is 0.295 e. The summed E-state index contributed by atoms with van der Waals surface area (Å²) in [5, 5.41) is 32.2. The molecule has 0 saturated carbocycles. The Kier molecular flexibility index (Phi) is 8.08. The molecule has 2 aromatic rings. The molecule has 1 fully saturated rings. The third kappa shape index (κ3) is 5.27. The van der Waals surface area contributed by atoms with Crippen molar-refractivity contribution in [3.05, 3.63) is 69.3 Å². The topological polar surface area (TPSA) is 133 Å². The lowest BCUT2D eigenvalue weighted by molar-refractivity contribution is -0.384. The van der Waals surface area contributed by atoms with Gasteiger partial charge in [0.15, 0.2) is 11.5 Å². The number of hydrogen-bond acceptors (Lipinski definition) is 8. The van der Waals surface area contributed by atoms with E-state index >= 15 is 0 Å². The van der Waals surface area contributed by atoms with E-state index in [9.17, 15) is 29.9 Å². The van der Waals surface area contributed by atoms with Gasteiger partial charge in [-0.2, -0.15) is 0 Å². The van der Waals surface area contributed by atoms with E-state index in [0.29, 0.717) is 18.7 Å². The normalized spacial score (nSPS) is 17.3. The maximum absolute atomic E-state index is 13.1. The Labute approximate surface area is 203 Å². The van der Waals surface area contributed by atoms with Gasteiger partial charge in [-0.25, -0.2) is 0 Å². The molecule has 0 radical (unpaired) electrons. The molecule has 3 rings (SSSR count). The molecule has 35 heavy (non-hydrogen) atoms. The van der Waals surface area contributed by atoms with Crippen LogP contribution in [0.15, 0.2) is 48.0 Å². The molecule has 1 heterocycles. The van der Waals surface area contributed by atoms with Gasteiger partial charge in [0.05, 0.1) is 23.1 Å². The monoisotopic (exact) mass is 483 g/mol. The number of likely N-dealkylation sites (tertiary alicyclic amines) is 1. The van der Waals surface area contributed by atoms with Crippen LogP contribution < -0.4 is 4.74 Å². The quantitative estimate of drug-likeness (QED) is 0.173. The van der Waals surface area contributed by atoms with Crippen molar-refractivity contribution in [2.24, 2.45) is 0 Å². The molecule has 1 aliphatic rings. The van der Waals surface area contributed by atoms with Gasteiger partial charge in [-0.1, -0.05) is 19.9 Å². The fourth-order valence-corrected chi connectivity index (χ4v) is 4.11. The molecular weight excluding hydrogens is 454 g/mol. The minimum atomic E-state index is -0.930. The molecule has 0 spiro atoms. The molecular formula is C25H29N3O7. The second-order valence-electron chi connectivity index (χ2n) is 7.98. The van der Waals surface area contributed by atoms with Crippen LogP contribution in [0.5, 0.6) is 11.5 Å². The van der Waals surface area contributed by atoms with Crippen LogP contribution in [0.1, 0.15) is 37.9 Å². The Morgan fingerprint density at radius 2 is 1.77 bits per heavy atom. The summed E-state index contributed by atoms with van der Waals surface area (Å²) in [5.74, 6) is -1.94. The molecule has 186 valence electrons. The molecule has 1 unspecified atom stereocenters. The molecule has 2 aromatic carbocycles. The fourth-order valence-electron chi connectivity index (χ4n) is 4.11.